The first-order valence-electron chi connectivity index (χ1n) is 6.31. The zero-order valence-corrected chi connectivity index (χ0v) is 11.0. The molecule has 1 aromatic rings. The predicted octanol–water partition coefficient (Wildman–Crippen LogP) is 2.16. The highest BCUT2D eigenvalue weighted by Gasteiger charge is 2.37. The van der Waals surface area contributed by atoms with Crippen molar-refractivity contribution in [1.29, 1.82) is 0 Å². The van der Waals surface area contributed by atoms with Gasteiger partial charge in [-0.25, -0.2) is 0 Å². The maximum absolute atomic E-state index is 10.6. The van der Waals surface area contributed by atoms with Gasteiger partial charge in [0, 0.05) is 24.8 Å². The molecule has 0 radical (unpaired) electrons. The number of likely N-dealkylation sites (tertiary alicyclic amines) is 1. The van der Waals surface area contributed by atoms with E-state index >= 15 is 0 Å². The molecule has 2 rings (SSSR count). The summed E-state index contributed by atoms with van der Waals surface area (Å²) in [6, 6.07) is 5.75. The molecule has 0 aromatic carbocycles. The molecule has 0 spiro atoms. The highest BCUT2D eigenvalue weighted by molar-refractivity contribution is 5.14. The van der Waals surface area contributed by atoms with E-state index in [9.17, 15) is 5.11 Å². The van der Waals surface area contributed by atoms with Gasteiger partial charge in [-0.05, 0) is 45.7 Å². The quantitative estimate of drug-likeness (QED) is 0.809. The van der Waals surface area contributed by atoms with Gasteiger partial charge in [-0.2, -0.15) is 0 Å². The van der Waals surface area contributed by atoms with Gasteiger partial charge < -0.3 is 5.11 Å². The Bertz CT molecular complexity index is 362. The first-order chi connectivity index (χ1) is 7.92. The minimum atomic E-state index is -0.733. The molecule has 0 atom stereocenters. The summed E-state index contributed by atoms with van der Waals surface area (Å²) >= 11 is 0. The van der Waals surface area contributed by atoms with Gasteiger partial charge in [0.1, 0.15) is 5.60 Å². The molecule has 1 aliphatic rings. The normalized spacial score (nSPS) is 21.4. The fraction of sp³-hybridized carbons (Fsp3) is 0.643. The molecule has 1 saturated heterocycles. The maximum Gasteiger partial charge on any atom is 0.109 e. The molecule has 1 N–H and O–H groups in total. The second-order valence-corrected chi connectivity index (χ2v) is 5.90. The van der Waals surface area contributed by atoms with Crippen molar-refractivity contribution >= 4 is 0 Å². The smallest absolute Gasteiger partial charge is 0.109 e. The molecular formula is C14H22N2O. The third kappa shape index (κ3) is 2.67. The van der Waals surface area contributed by atoms with Crippen molar-refractivity contribution in [2.24, 2.45) is 0 Å². The van der Waals surface area contributed by atoms with E-state index in [2.05, 4.69) is 30.7 Å². The van der Waals surface area contributed by atoms with Crippen molar-refractivity contribution < 1.29 is 5.11 Å². The standard InChI is InChI=1S/C14H22N2O/c1-13(2,3)16-10-7-14(17,8-11-16)12-6-4-5-9-15-12/h4-6,9,17H,7-8,10-11H2,1-3H3. The van der Waals surface area contributed by atoms with Crippen LogP contribution in [0.1, 0.15) is 39.3 Å². The molecular weight excluding hydrogens is 212 g/mol. The second kappa shape index (κ2) is 4.39. The maximum atomic E-state index is 10.6. The molecule has 0 saturated carbocycles. The summed E-state index contributed by atoms with van der Waals surface area (Å²) in [5.41, 5.74) is 0.266. The van der Waals surface area contributed by atoms with Crippen LogP contribution in [0.15, 0.2) is 24.4 Å². The Balaban J connectivity index is 2.08. The predicted molar refractivity (Wildman–Crippen MR) is 68.7 cm³/mol. The lowest BCUT2D eigenvalue weighted by atomic mass is 9.86. The molecule has 0 amide bonds. The Kier molecular flexibility index (Phi) is 3.23. The monoisotopic (exact) mass is 234 g/mol. The van der Waals surface area contributed by atoms with E-state index < -0.39 is 5.60 Å². The van der Waals surface area contributed by atoms with Crippen LogP contribution in [0.5, 0.6) is 0 Å². The van der Waals surface area contributed by atoms with Crippen molar-refractivity contribution in [2.75, 3.05) is 13.1 Å². The molecule has 1 aromatic heterocycles. The summed E-state index contributed by atoms with van der Waals surface area (Å²) in [6.45, 7) is 8.52. The van der Waals surface area contributed by atoms with Gasteiger partial charge in [0.2, 0.25) is 0 Å². The highest BCUT2D eigenvalue weighted by Crippen LogP contribution is 2.33. The molecule has 3 heteroatoms. The van der Waals surface area contributed by atoms with Crippen LogP contribution in [0, 0.1) is 0 Å². The van der Waals surface area contributed by atoms with Gasteiger partial charge in [0.25, 0.3) is 0 Å². The van der Waals surface area contributed by atoms with Gasteiger partial charge in [-0.3, -0.25) is 9.88 Å². The average Bonchev–Trinajstić information content (AvgIpc) is 2.29. The third-order valence-electron chi connectivity index (χ3n) is 3.68. The molecule has 0 bridgehead atoms. The fourth-order valence-corrected chi connectivity index (χ4v) is 2.44. The van der Waals surface area contributed by atoms with E-state index in [-0.39, 0.29) is 5.54 Å². The first kappa shape index (κ1) is 12.5. The zero-order chi connectivity index (χ0) is 12.5. The number of piperidine rings is 1. The second-order valence-electron chi connectivity index (χ2n) is 5.90. The van der Waals surface area contributed by atoms with Crippen LogP contribution in [0.3, 0.4) is 0 Å². The summed E-state index contributed by atoms with van der Waals surface area (Å²) in [4.78, 5) is 6.71. The van der Waals surface area contributed by atoms with E-state index in [1.54, 1.807) is 6.20 Å². The summed E-state index contributed by atoms with van der Waals surface area (Å²) in [5, 5.41) is 10.6. The lowest BCUT2D eigenvalue weighted by molar-refractivity contribution is -0.0489. The Hall–Kier alpha value is -0.930. The lowest BCUT2D eigenvalue weighted by Crippen LogP contribution is -2.50. The van der Waals surface area contributed by atoms with Crippen LogP contribution >= 0.6 is 0 Å². The van der Waals surface area contributed by atoms with Crippen molar-refractivity contribution in [2.45, 2.75) is 44.8 Å². The zero-order valence-electron chi connectivity index (χ0n) is 11.0. The van der Waals surface area contributed by atoms with E-state index in [1.807, 2.05) is 18.2 Å². The molecule has 94 valence electrons. The van der Waals surface area contributed by atoms with Gasteiger partial charge in [-0.1, -0.05) is 6.07 Å². The average molecular weight is 234 g/mol. The molecule has 1 aliphatic heterocycles. The third-order valence-corrected chi connectivity index (χ3v) is 3.68. The molecule has 0 aliphatic carbocycles. The van der Waals surface area contributed by atoms with Crippen LogP contribution in [0.2, 0.25) is 0 Å². The number of hydrogen-bond acceptors (Lipinski definition) is 3. The van der Waals surface area contributed by atoms with Crippen LogP contribution in [-0.2, 0) is 5.60 Å². The van der Waals surface area contributed by atoms with Crippen LogP contribution in [0.4, 0.5) is 0 Å². The lowest BCUT2D eigenvalue weighted by Gasteiger charge is -2.44. The van der Waals surface area contributed by atoms with Crippen molar-refractivity contribution in [3.8, 4) is 0 Å². The van der Waals surface area contributed by atoms with Crippen LogP contribution < -0.4 is 0 Å². The molecule has 2 heterocycles. The van der Waals surface area contributed by atoms with Crippen LogP contribution in [-0.4, -0.2) is 33.6 Å². The molecule has 0 unspecified atom stereocenters. The first-order valence-corrected chi connectivity index (χ1v) is 6.31. The number of nitrogens with zero attached hydrogens (tertiary/aromatic N) is 2. The van der Waals surface area contributed by atoms with E-state index in [4.69, 9.17) is 0 Å². The van der Waals surface area contributed by atoms with Crippen molar-refractivity contribution in [3.05, 3.63) is 30.1 Å². The summed E-state index contributed by atoms with van der Waals surface area (Å²) in [7, 11) is 0. The summed E-state index contributed by atoms with van der Waals surface area (Å²) < 4.78 is 0. The Morgan fingerprint density at radius 3 is 2.35 bits per heavy atom. The highest BCUT2D eigenvalue weighted by atomic mass is 16.3. The minimum absolute atomic E-state index is 0.186. The Morgan fingerprint density at radius 2 is 1.88 bits per heavy atom. The SMILES string of the molecule is CC(C)(C)N1CCC(O)(c2ccccn2)CC1. The van der Waals surface area contributed by atoms with Gasteiger partial charge in [-0.15, -0.1) is 0 Å². The number of aliphatic hydroxyl groups is 1. The summed E-state index contributed by atoms with van der Waals surface area (Å²) in [5.74, 6) is 0. The van der Waals surface area contributed by atoms with E-state index in [0.29, 0.717) is 0 Å². The van der Waals surface area contributed by atoms with Gasteiger partial charge >= 0.3 is 0 Å². The fourth-order valence-electron chi connectivity index (χ4n) is 2.44. The van der Waals surface area contributed by atoms with Gasteiger partial charge in [0.15, 0.2) is 0 Å². The molecule has 17 heavy (non-hydrogen) atoms. The number of aromatic nitrogens is 1. The number of hydrogen-bond donors (Lipinski definition) is 1. The summed E-state index contributed by atoms with van der Waals surface area (Å²) in [6.07, 6.45) is 3.28. The number of rotatable bonds is 1. The van der Waals surface area contributed by atoms with Crippen molar-refractivity contribution in [1.82, 2.24) is 9.88 Å². The van der Waals surface area contributed by atoms with Crippen LogP contribution in [0.25, 0.3) is 0 Å². The van der Waals surface area contributed by atoms with Crippen molar-refractivity contribution in [3.63, 3.8) is 0 Å². The Labute approximate surface area is 103 Å². The topological polar surface area (TPSA) is 36.4 Å². The minimum Gasteiger partial charge on any atom is -0.383 e. The van der Waals surface area contributed by atoms with E-state index in [1.165, 1.54) is 0 Å². The largest absolute Gasteiger partial charge is 0.383 e. The molecule has 1 fully saturated rings. The molecule has 3 nitrogen and oxygen atoms in total. The Morgan fingerprint density at radius 1 is 1.24 bits per heavy atom. The van der Waals surface area contributed by atoms with E-state index in [0.717, 1.165) is 31.6 Å². The number of pyridine rings is 1. The van der Waals surface area contributed by atoms with Gasteiger partial charge in [0.05, 0.1) is 5.69 Å².